The SMILES string of the molecule is CC(C)Oc1ccc([C@@H](c2cn3ncc([C@H](NC(=O)CCC(F)(F)F)C4CC4)cc3n2)C2CCC(F)(F)CC2)c(C(N)=O)n1. The fraction of sp³-hybridized carbons (Fsp3) is 0.567. The van der Waals surface area contributed by atoms with Gasteiger partial charge in [0.2, 0.25) is 17.7 Å². The highest BCUT2D eigenvalue weighted by Crippen LogP contribution is 2.46. The number of rotatable bonds is 11. The lowest BCUT2D eigenvalue weighted by Gasteiger charge is -2.33. The molecule has 2 amide bonds. The summed E-state index contributed by atoms with van der Waals surface area (Å²) in [7, 11) is 0. The van der Waals surface area contributed by atoms with E-state index in [2.05, 4.69) is 15.4 Å². The number of nitrogens with two attached hydrogens (primary N) is 1. The van der Waals surface area contributed by atoms with Crippen LogP contribution < -0.4 is 15.8 Å². The van der Waals surface area contributed by atoms with E-state index in [0.717, 1.165) is 12.8 Å². The number of carbonyl (C=O) groups is 2. The standard InChI is InChI=1S/C30H35F5N6O3/c1-16(2)44-24-6-5-20(27(40-24)28(36)43)25(17-7-10-29(31,32)11-8-17)21-15-41-22(38-21)13-19(14-37-41)26(18-3-4-18)39-23(42)9-12-30(33,34)35/h5-6,13-18,25-26H,3-4,7-12H2,1-2H3,(H2,36,43)(H,39,42)/t25-,26+/m0/s1. The Balaban J connectivity index is 1.50. The Morgan fingerprint density at radius 1 is 1.11 bits per heavy atom. The molecule has 0 radical (unpaired) electrons. The fourth-order valence-corrected chi connectivity index (χ4v) is 5.89. The number of aromatic nitrogens is 4. The van der Waals surface area contributed by atoms with Gasteiger partial charge in [-0.2, -0.15) is 18.3 Å². The van der Waals surface area contributed by atoms with Gasteiger partial charge >= 0.3 is 6.18 Å². The van der Waals surface area contributed by atoms with Crippen LogP contribution in [0.15, 0.2) is 30.6 Å². The van der Waals surface area contributed by atoms with Crippen molar-refractivity contribution in [2.45, 2.75) is 95.4 Å². The average Bonchev–Trinajstić information content (AvgIpc) is 3.69. The van der Waals surface area contributed by atoms with E-state index in [1.54, 1.807) is 24.4 Å². The van der Waals surface area contributed by atoms with E-state index in [0.29, 0.717) is 22.5 Å². The number of imidazole rings is 1. The molecule has 44 heavy (non-hydrogen) atoms. The summed E-state index contributed by atoms with van der Waals surface area (Å²) in [5, 5.41) is 7.18. The summed E-state index contributed by atoms with van der Waals surface area (Å²) in [5.74, 6) is -4.92. The molecule has 14 heteroatoms. The van der Waals surface area contributed by atoms with Crippen molar-refractivity contribution >= 4 is 17.5 Å². The lowest BCUT2D eigenvalue weighted by atomic mass is 9.74. The zero-order valence-electron chi connectivity index (χ0n) is 24.4. The summed E-state index contributed by atoms with van der Waals surface area (Å²) < 4.78 is 73.4. The Morgan fingerprint density at radius 3 is 2.43 bits per heavy atom. The number of amides is 2. The lowest BCUT2D eigenvalue weighted by molar-refractivity contribution is -0.144. The molecule has 2 fully saturated rings. The van der Waals surface area contributed by atoms with E-state index in [4.69, 9.17) is 15.5 Å². The smallest absolute Gasteiger partial charge is 0.389 e. The van der Waals surface area contributed by atoms with E-state index in [9.17, 15) is 31.5 Å². The van der Waals surface area contributed by atoms with Crippen molar-refractivity contribution in [1.29, 1.82) is 0 Å². The van der Waals surface area contributed by atoms with Crippen LogP contribution in [0.4, 0.5) is 22.0 Å². The van der Waals surface area contributed by atoms with Crippen molar-refractivity contribution in [3.05, 3.63) is 53.1 Å². The molecular formula is C30H35F5N6O3. The molecule has 0 unspecified atom stereocenters. The van der Waals surface area contributed by atoms with Crippen molar-refractivity contribution in [2.75, 3.05) is 0 Å². The molecule has 0 aromatic carbocycles. The minimum Gasteiger partial charge on any atom is -0.475 e. The van der Waals surface area contributed by atoms with Crippen LogP contribution in [-0.4, -0.2) is 49.6 Å². The largest absolute Gasteiger partial charge is 0.475 e. The highest BCUT2D eigenvalue weighted by Gasteiger charge is 2.41. The molecule has 2 atom stereocenters. The van der Waals surface area contributed by atoms with E-state index in [1.165, 1.54) is 10.7 Å². The van der Waals surface area contributed by atoms with Gasteiger partial charge in [0.1, 0.15) is 5.69 Å². The first-order valence-corrected chi connectivity index (χ1v) is 14.8. The Morgan fingerprint density at radius 2 is 1.82 bits per heavy atom. The van der Waals surface area contributed by atoms with Gasteiger partial charge in [0.15, 0.2) is 5.65 Å². The number of alkyl halides is 5. The van der Waals surface area contributed by atoms with Crippen LogP contribution in [0.2, 0.25) is 0 Å². The van der Waals surface area contributed by atoms with Crippen molar-refractivity contribution < 1.29 is 36.3 Å². The van der Waals surface area contributed by atoms with Crippen LogP contribution in [0.5, 0.6) is 5.88 Å². The van der Waals surface area contributed by atoms with Crippen LogP contribution in [0.3, 0.4) is 0 Å². The molecule has 9 nitrogen and oxygen atoms in total. The Labute approximate surface area is 250 Å². The number of nitrogens with zero attached hydrogens (tertiary/aromatic N) is 4. The van der Waals surface area contributed by atoms with E-state index >= 15 is 0 Å². The van der Waals surface area contributed by atoms with Gasteiger partial charge in [0.25, 0.3) is 5.91 Å². The second-order valence-electron chi connectivity index (χ2n) is 12.0. The van der Waals surface area contributed by atoms with Gasteiger partial charge in [0, 0.05) is 31.2 Å². The zero-order valence-corrected chi connectivity index (χ0v) is 24.4. The summed E-state index contributed by atoms with van der Waals surface area (Å²) in [5.41, 5.74) is 7.62. The number of hydrogen-bond acceptors (Lipinski definition) is 6. The molecule has 0 aliphatic heterocycles. The topological polar surface area (TPSA) is 125 Å². The maximum atomic E-state index is 14.2. The molecule has 3 aromatic rings. The Bertz CT molecular complexity index is 1510. The molecule has 0 spiro atoms. The first kappa shape index (κ1) is 31.6. The zero-order chi connectivity index (χ0) is 31.8. The van der Waals surface area contributed by atoms with Crippen molar-refractivity contribution in [3.8, 4) is 5.88 Å². The molecule has 3 heterocycles. The van der Waals surface area contributed by atoms with Gasteiger partial charge in [-0.15, -0.1) is 0 Å². The second kappa shape index (κ2) is 12.3. The molecule has 2 aliphatic carbocycles. The van der Waals surface area contributed by atoms with E-state index in [-0.39, 0.29) is 55.2 Å². The van der Waals surface area contributed by atoms with Crippen LogP contribution in [0.1, 0.15) is 104 Å². The number of fused-ring (bicyclic) bond motifs is 1. The maximum absolute atomic E-state index is 14.2. The number of ether oxygens (including phenoxy) is 1. The van der Waals surface area contributed by atoms with Gasteiger partial charge in [-0.25, -0.2) is 23.3 Å². The minimum atomic E-state index is -4.43. The third-order valence-corrected chi connectivity index (χ3v) is 8.14. The molecule has 3 aromatic heterocycles. The van der Waals surface area contributed by atoms with Crippen molar-refractivity contribution in [2.24, 2.45) is 17.6 Å². The van der Waals surface area contributed by atoms with Crippen molar-refractivity contribution in [1.82, 2.24) is 24.9 Å². The maximum Gasteiger partial charge on any atom is 0.389 e. The number of carbonyl (C=O) groups excluding carboxylic acids is 2. The number of hydrogen-bond donors (Lipinski definition) is 2. The van der Waals surface area contributed by atoms with E-state index in [1.807, 2.05) is 13.8 Å². The minimum absolute atomic E-state index is 0.0356. The van der Waals surface area contributed by atoms with Gasteiger partial charge in [-0.05, 0) is 68.6 Å². The van der Waals surface area contributed by atoms with E-state index < -0.39 is 48.7 Å². The Kier molecular flexibility index (Phi) is 8.81. The average molecular weight is 623 g/mol. The van der Waals surface area contributed by atoms with Gasteiger partial charge in [-0.3, -0.25) is 9.59 Å². The molecule has 5 rings (SSSR count). The summed E-state index contributed by atoms with van der Waals surface area (Å²) in [4.78, 5) is 34.1. The summed E-state index contributed by atoms with van der Waals surface area (Å²) in [6.45, 7) is 3.62. The number of primary amides is 1. The first-order valence-electron chi connectivity index (χ1n) is 14.8. The van der Waals surface area contributed by atoms with Gasteiger partial charge in [0.05, 0.1) is 36.7 Å². The first-order chi connectivity index (χ1) is 20.7. The highest BCUT2D eigenvalue weighted by molar-refractivity contribution is 5.92. The molecule has 0 saturated heterocycles. The Hall–Kier alpha value is -3.84. The molecule has 2 aliphatic rings. The van der Waals surface area contributed by atoms with Gasteiger partial charge < -0.3 is 15.8 Å². The molecule has 2 saturated carbocycles. The number of halogens is 5. The predicted molar refractivity (Wildman–Crippen MR) is 149 cm³/mol. The third-order valence-electron chi connectivity index (χ3n) is 8.14. The van der Waals surface area contributed by atoms with Crippen molar-refractivity contribution in [3.63, 3.8) is 0 Å². The van der Waals surface area contributed by atoms with Crippen LogP contribution in [0.25, 0.3) is 5.65 Å². The van der Waals surface area contributed by atoms with Crippen LogP contribution >= 0.6 is 0 Å². The quantitative estimate of drug-likeness (QED) is 0.258. The summed E-state index contributed by atoms with van der Waals surface area (Å²) in [6.07, 6.45) is -1.97. The molecule has 3 N–H and O–H groups in total. The fourth-order valence-electron chi connectivity index (χ4n) is 5.89. The lowest BCUT2D eigenvalue weighted by Crippen LogP contribution is -2.30. The third kappa shape index (κ3) is 7.62. The van der Waals surface area contributed by atoms with Gasteiger partial charge in [-0.1, -0.05) is 6.07 Å². The number of nitrogens with one attached hydrogen (secondary N) is 1. The molecule has 0 bridgehead atoms. The summed E-state index contributed by atoms with van der Waals surface area (Å²) in [6, 6.07) is 4.47. The molecule has 238 valence electrons. The number of pyridine rings is 1. The molecular weight excluding hydrogens is 587 g/mol. The predicted octanol–water partition coefficient (Wildman–Crippen LogP) is 5.88. The highest BCUT2D eigenvalue weighted by atomic mass is 19.4. The van der Waals surface area contributed by atoms with Crippen LogP contribution in [-0.2, 0) is 4.79 Å². The normalized spacial score (nSPS) is 18.7. The van der Waals surface area contributed by atoms with Crippen LogP contribution in [0, 0.1) is 11.8 Å². The monoisotopic (exact) mass is 622 g/mol. The second-order valence-corrected chi connectivity index (χ2v) is 12.0. The summed E-state index contributed by atoms with van der Waals surface area (Å²) >= 11 is 0.